The zero-order valence-electron chi connectivity index (χ0n) is 10.8. The number of aliphatic hydroxyl groups is 1. The molecule has 0 aromatic heterocycles. The molecule has 0 saturated carbocycles. The first-order valence-corrected chi connectivity index (χ1v) is 5.94. The molecule has 0 spiro atoms. The van der Waals surface area contributed by atoms with E-state index >= 15 is 0 Å². The normalized spacial score (nSPS) is 15.3. The van der Waals surface area contributed by atoms with E-state index in [4.69, 9.17) is 0 Å². The first kappa shape index (κ1) is 15.9. The number of hydrogen-bond acceptors (Lipinski definition) is 2. The number of benzene rings is 1. The molecule has 0 saturated heterocycles. The fourth-order valence-electron chi connectivity index (χ4n) is 1.56. The topological polar surface area (TPSA) is 32.3 Å². The Morgan fingerprint density at radius 1 is 1.26 bits per heavy atom. The van der Waals surface area contributed by atoms with Gasteiger partial charge in [0.2, 0.25) is 0 Å². The number of halogens is 4. The molecule has 0 radical (unpaired) electrons. The van der Waals surface area contributed by atoms with Crippen LogP contribution in [0.15, 0.2) is 18.2 Å². The molecule has 2 nitrogen and oxygen atoms in total. The summed E-state index contributed by atoms with van der Waals surface area (Å²) in [6.07, 6.45) is -4.11. The van der Waals surface area contributed by atoms with Crippen LogP contribution < -0.4 is 5.32 Å². The Bertz CT molecular complexity index is 429. The Labute approximate surface area is 109 Å². The molecular formula is C13H17F4NO. The highest BCUT2D eigenvalue weighted by molar-refractivity contribution is 5.30. The quantitative estimate of drug-likeness (QED) is 0.812. The predicted octanol–water partition coefficient (Wildman–Crippen LogP) is 3.10. The Morgan fingerprint density at radius 2 is 1.89 bits per heavy atom. The smallest absolute Gasteiger partial charge is 0.389 e. The van der Waals surface area contributed by atoms with E-state index in [1.807, 2.05) is 0 Å². The van der Waals surface area contributed by atoms with Crippen molar-refractivity contribution in [3.8, 4) is 0 Å². The Hall–Kier alpha value is -1.14. The lowest BCUT2D eigenvalue weighted by atomic mass is 10.0. The minimum Gasteiger partial charge on any atom is -0.389 e. The average molecular weight is 279 g/mol. The van der Waals surface area contributed by atoms with Gasteiger partial charge in [-0.2, -0.15) is 13.2 Å². The van der Waals surface area contributed by atoms with Crippen molar-refractivity contribution in [2.45, 2.75) is 38.6 Å². The van der Waals surface area contributed by atoms with Gasteiger partial charge in [0.15, 0.2) is 0 Å². The maximum Gasteiger partial charge on any atom is 0.416 e. The summed E-state index contributed by atoms with van der Waals surface area (Å²) < 4.78 is 51.0. The molecule has 0 aliphatic heterocycles. The van der Waals surface area contributed by atoms with E-state index in [2.05, 4.69) is 5.32 Å². The van der Waals surface area contributed by atoms with Gasteiger partial charge in [-0.3, -0.25) is 0 Å². The first-order chi connectivity index (χ1) is 8.65. The van der Waals surface area contributed by atoms with E-state index in [0.717, 1.165) is 12.1 Å². The molecule has 2 N–H and O–H groups in total. The molecule has 1 atom stereocenters. The standard InChI is InChI=1S/C13H17F4NO/c1-3-12(2,19)8-18-7-9-4-5-10(14)6-11(9)13(15,16)17/h4-6,18-19H,3,7-8H2,1-2H3. The van der Waals surface area contributed by atoms with Gasteiger partial charge in [-0.15, -0.1) is 0 Å². The van der Waals surface area contributed by atoms with Gasteiger partial charge in [0.1, 0.15) is 5.82 Å². The van der Waals surface area contributed by atoms with Gasteiger partial charge in [0.05, 0.1) is 11.2 Å². The number of alkyl halides is 3. The van der Waals surface area contributed by atoms with E-state index < -0.39 is 23.2 Å². The van der Waals surface area contributed by atoms with Crippen LogP contribution in [0.4, 0.5) is 17.6 Å². The fraction of sp³-hybridized carbons (Fsp3) is 0.538. The third kappa shape index (κ3) is 4.80. The van der Waals surface area contributed by atoms with Crippen LogP contribution in [0.1, 0.15) is 31.4 Å². The minimum absolute atomic E-state index is 0.0409. The summed E-state index contributed by atoms with van der Waals surface area (Å²) in [6, 6.07) is 2.57. The molecule has 0 amide bonds. The molecule has 1 unspecified atom stereocenters. The lowest BCUT2D eigenvalue weighted by Crippen LogP contribution is -2.37. The van der Waals surface area contributed by atoms with Crippen molar-refractivity contribution in [1.82, 2.24) is 5.32 Å². The summed E-state index contributed by atoms with van der Waals surface area (Å²) in [5.41, 5.74) is -2.00. The molecule has 0 fully saturated rings. The SMILES string of the molecule is CCC(C)(O)CNCc1ccc(F)cc1C(F)(F)F. The second kappa shape index (κ2) is 5.88. The molecule has 0 bridgehead atoms. The van der Waals surface area contributed by atoms with Gasteiger partial charge in [-0.25, -0.2) is 4.39 Å². The molecule has 1 rings (SSSR count). The molecule has 108 valence electrons. The number of rotatable bonds is 5. The van der Waals surface area contributed by atoms with Crippen LogP contribution in [0.2, 0.25) is 0 Å². The summed E-state index contributed by atoms with van der Waals surface area (Å²) in [4.78, 5) is 0. The summed E-state index contributed by atoms with van der Waals surface area (Å²) >= 11 is 0. The molecule has 0 heterocycles. The third-order valence-corrected chi connectivity index (χ3v) is 2.96. The van der Waals surface area contributed by atoms with E-state index in [9.17, 15) is 22.7 Å². The van der Waals surface area contributed by atoms with Crippen molar-refractivity contribution in [1.29, 1.82) is 0 Å². The van der Waals surface area contributed by atoms with E-state index in [1.54, 1.807) is 13.8 Å². The highest BCUT2D eigenvalue weighted by Gasteiger charge is 2.33. The van der Waals surface area contributed by atoms with Crippen LogP contribution in [0.25, 0.3) is 0 Å². The Balaban J connectivity index is 2.79. The summed E-state index contributed by atoms with van der Waals surface area (Å²) in [5.74, 6) is -0.920. The van der Waals surface area contributed by atoms with Crippen molar-refractivity contribution in [2.75, 3.05) is 6.54 Å². The molecule has 6 heteroatoms. The van der Waals surface area contributed by atoms with Gasteiger partial charge in [-0.05, 0) is 31.0 Å². The molecule has 1 aromatic carbocycles. The summed E-state index contributed by atoms with van der Waals surface area (Å²) in [6.45, 7) is 3.46. The van der Waals surface area contributed by atoms with E-state index in [0.29, 0.717) is 12.5 Å². The Morgan fingerprint density at radius 3 is 2.42 bits per heavy atom. The highest BCUT2D eigenvalue weighted by atomic mass is 19.4. The van der Waals surface area contributed by atoms with Crippen molar-refractivity contribution in [3.63, 3.8) is 0 Å². The van der Waals surface area contributed by atoms with Crippen LogP contribution in [0.3, 0.4) is 0 Å². The van der Waals surface area contributed by atoms with Crippen LogP contribution in [-0.4, -0.2) is 17.3 Å². The van der Waals surface area contributed by atoms with E-state index in [1.165, 1.54) is 0 Å². The summed E-state index contributed by atoms with van der Waals surface area (Å²) in [7, 11) is 0. The monoisotopic (exact) mass is 279 g/mol. The zero-order chi connectivity index (χ0) is 14.7. The zero-order valence-corrected chi connectivity index (χ0v) is 10.8. The first-order valence-electron chi connectivity index (χ1n) is 5.94. The molecule has 19 heavy (non-hydrogen) atoms. The average Bonchev–Trinajstić information content (AvgIpc) is 2.29. The van der Waals surface area contributed by atoms with Gasteiger partial charge in [0.25, 0.3) is 0 Å². The van der Waals surface area contributed by atoms with Crippen molar-refractivity contribution in [2.24, 2.45) is 0 Å². The van der Waals surface area contributed by atoms with Gasteiger partial charge in [0, 0.05) is 13.1 Å². The molecular weight excluding hydrogens is 262 g/mol. The number of hydrogen-bond donors (Lipinski definition) is 2. The van der Waals surface area contributed by atoms with Crippen LogP contribution in [-0.2, 0) is 12.7 Å². The van der Waals surface area contributed by atoms with E-state index in [-0.39, 0.29) is 18.7 Å². The van der Waals surface area contributed by atoms with Crippen molar-refractivity contribution < 1.29 is 22.7 Å². The van der Waals surface area contributed by atoms with Crippen LogP contribution >= 0.6 is 0 Å². The highest BCUT2D eigenvalue weighted by Crippen LogP contribution is 2.32. The Kier molecular flexibility index (Phi) is 4.92. The van der Waals surface area contributed by atoms with Crippen LogP contribution in [0, 0.1) is 5.82 Å². The molecule has 0 aliphatic carbocycles. The van der Waals surface area contributed by atoms with Gasteiger partial charge >= 0.3 is 6.18 Å². The van der Waals surface area contributed by atoms with Gasteiger partial charge < -0.3 is 10.4 Å². The molecule has 1 aromatic rings. The van der Waals surface area contributed by atoms with Gasteiger partial charge in [-0.1, -0.05) is 13.0 Å². The lowest BCUT2D eigenvalue weighted by molar-refractivity contribution is -0.138. The van der Waals surface area contributed by atoms with Crippen molar-refractivity contribution >= 4 is 0 Å². The maximum absolute atomic E-state index is 12.9. The van der Waals surface area contributed by atoms with Crippen LogP contribution in [0.5, 0.6) is 0 Å². The second-order valence-electron chi connectivity index (χ2n) is 4.75. The number of nitrogens with one attached hydrogen (secondary N) is 1. The third-order valence-electron chi connectivity index (χ3n) is 2.96. The summed E-state index contributed by atoms with van der Waals surface area (Å²) in [5, 5.41) is 12.5. The fourth-order valence-corrected chi connectivity index (χ4v) is 1.56. The largest absolute Gasteiger partial charge is 0.416 e. The molecule has 0 aliphatic rings. The van der Waals surface area contributed by atoms with Crippen molar-refractivity contribution in [3.05, 3.63) is 35.1 Å². The lowest BCUT2D eigenvalue weighted by Gasteiger charge is -2.22. The predicted molar refractivity (Wildman–Crippen MR) is 64.0 cm³/mol. The second-order valence-corrected chi connectivity index (χ2v) is 4.75. The minimum atomic E-state index is -4.59. The maximum atomic E-state index is 12.9.